The van der Waals surface area contributed by atoms with Crippen molar-refractivity contribution in [3.05, 3.63) is 63.6 Å². The van der Waals surface area contributed by atoms with Crippen LogP contribution in [0, 0.1) is 5.92 Å². The monoisotopic (exact) mass is 484 g/mol. The maximum Gasteiger partial charge on any atom is 0.224 e. The minimum atomic E-state index is -3.67. The van der Waals surface area contributed by atoms with Crippen LogP contribution in [-0.4, -0.2) is 38.8 Å². The van der Waals surface area contributed by atoms with Gasteiger partial charge in [-0.3, -0.25) is 4.79 Å². The zero-order valence-electron chi connectivity index (χ0n) is 17.5. The second kappa shape index (κ2) is 10.2. The van der Waals surface area contributed by atoms with E-state index in [-0.39, 0.29) is 24.2 Å². The summed E-state index contributed by atoms with van der Waals surface area (Å²) in [6, 6.07) is 12.2. The maximum atomic E-state index is 13.0. The largest absolute Gasteiger partial charge is 0.497 e. The van der Waals surface area contributed by atoms with Crippen molar-refractivity contribution in [2.45, 2.75) is 31.6 Å². The van der Waals surface area contributed by atoms with Crippen molar-refractivity contribution < 1.29 is 17.9 Å². The van der Waals surface area contributed by atoms with Gasteiger partial charge < -0.3 is 10.1 Å². The summed E-state index contributed by atoms with van der Waals surface area (Å²) in [6.45, 7) is 2.42. The van der Waals surface area contributed by atoms with Gasteiger partial charge in [-0.1, -0.05) is 41.4 Å². The minimum absolute atomic E-state index is 0.144. The van der Waals surface area contributed by atoms with E-state index in [0.29, 0.717) is 35.0 Å². The molecule has 0 spiro atoms. The molecule has 1 fully saturated rings. The van der Waals surface area contributed by atoms with Crippen molar-refractivity contribution in [1.82, 2.24) is 9.62 Å². The van der Waals surface area contributed by atoms with Gasteiger partial charge in [-0.15, -0.1) is 0 Å². The first-order valence-corrected chi connectivity index (χ1v) is 12.4. The van der Waals surface area contributed by atoms with Gasteiger partial charge in [0, 0.05) is 28.7 Å². The van der Waals surface area contributed by atoms with Crippen LogP contribution < -0.4 is 10.1 Å². The van der Waals surface area contributed by atoms with Crippen LogP contribution in [-0.2, 0) is 20.6 Å². The Balaban J connectivity index is 1.65. The molecule has 2 aromatic carbocycles. The Kier molecular flexibility index (Phi) is 7.86. The lowest BCUT2D eigenvalue weighted by atomic mass is 9.98. The molecule has 0 saturated carbocycles. The number of hydrogen-bond donors (Lipinski definition) is 1. The number of sulfonamides is 1. The van der Waals surface area contributed by atoms with E-state index in [9.17, 15) is 13.2 Å². The van der Waals surface area contributed by atoms with Gasteiger partial charge in [0.25, 0.3) is 0 Å². The molecule has 6 nitrogen and oxygen atoms in total. The zero-order chi connectivity index (χ0) is 22.6. The number of piperidine rings is 1. The molecule has 2 aromatic rings. The zero-order valence-corrected chi connectivity index (χ0v) is 19.8. The van der Waals surface area contributed by atoms with Crippen molar-refractivity contribution in [3.63, 3.8) is 0 Å². The Labute approximate surface area is 193 Å². The molecule has 1 aliphatic rings. The first kappa shape index (κ1) is 23.9. The number of hydrogen-bond acceptors (Lipinski definition) is 4. The number of ether oxygens (including phenoxy) is 1. The number of nitrogens with zero attached hydrogens (tertiary/aromatic N) is 1. The summed E-state index contributed by atoms with van der Waals surface area (Å²) in [7, 11) is -2.07. The van der Waals surface area contributed by atoms with Gasteiger partial charge in [0.05, 0.1) is 24.8 Å². The first-order chi connectivity index (χ1) is 14.7. The van der Waals surface area contributed by atoms with Gasteiger partial charge in [0.15, 0.2) is 0 Å². The van der Waals surface area contributed by atoms with Crippen LogP contribution in [0.3, 0.4) is 0 Å². The Morgan fingerprint density at radius 3 is 2.45 bits per heavy atom. The van der Waals surface area contributed by atoms with E-state index >= 15 is 0 Å². The topological polar surface area (TPSA) is 75.7 Å². The van der Waals surface area contributed by atoms with Gasteiger partial charge in [0.2, 0.25) is 15.9 Å². The molecule has 168 valence electrons. The summed E-state index contributed by atoms with van der Waals surface area (Å²) < 4.78 is 32.5. The van der Waals surface area contributed by atoms with Crippen LogP contribution in [0.2, 0.25) is 10.0 Å². The highest BCUT2D eigenvalue weighted by molar-refractivity contribution is 7.88. The summed E-state index contributed by atoms with van der Waals surface area (Å²) in [6.07, 6.45) is 1.25. The van der Waals surface area contributed by atoms with Crippen LogP contribution in [0.15, 0.2) is 42.5 Å². The average Bonchev–Trinajstić information content (AvgIpc) is 2.76. The second-order valence-corrected chi connectivity index (χ2v) is 10.4. The van der Waals surface area contributed by atoms with Gasteiger partial charge >= 0.3 is 0 Å². The Morgan fingerprint density at radius 2 is 1.84 bits per heavy atom. The fraction of sp³-hybridized carbons (Fsp3) is 0.409. The predicted octanol–water partition coefficient (Wildman–Crippen LogP) is 4.42. The van der Waals surface area contributed by atoms with Crippen LogP contribution >= 0.6 is 23.2 Å². The van der Waals surface area contributed by atoms with Crippen molar-refractivity contribution in [2.75, 3.05) is 20.2 Å². The normalized spacial score (nSPS) is 18.4. The molecule has 1 heterocycles. The molecular formula is C22H26Cl2N2O4S. The molecule has 1 aliphatic heterocycles. The van der Waals surface area contributed by atoms with Gasteiger partial charge in [0.1, 0.15) is 5.75 Å². The second-order valence-electron chi connectivity index (χ2n) is 7.66. The highest BCUT2D eigenvalue weighted by Gasteiger charge is 2.33. The van der Waals surface area contributed by atoms with E-state index in [2.05, 4.69) is 5.32 Å². The number of nitrogens with one attached hydrogen (secondary N) is 1. The third kappa shape index (κ3) is 5.92. The molecule has 2 atom stereocenters. The van der Waals surface area contributed by atoms with Crippen LogP contribution in [0.1, 0.15) is 36.9 Å². The summed E-state index contributed by atoms with van der Waals surface area (Å²) in [4.78, 5) is 12.8. The number of carbonyl (C=O) groups is 1. The minimum Gasteiger partial charge on any atom is -0.497 e. The molecule has 0 aliphatic carbocycles. The fourth-order valence-electron chi connectivity index (χ4n) is 3.66. The molecule has 1 N–H and O–H groups in total. The maximum absolute atomic E-state index is 13.0. The van der Waals surface area contributed by atoms with E-state index in [1.165, 1.54) is 4.31 Å². The Hall–Kier alpha value is -1.80. The molecule has 0 radical (unpaired) electrons. The number of rotatable bonds is 7. The summed E-state index contributed by atoms with van der Waals surface area (Å²) >= 11 is 12.3. The van der Waals surface area contributed by atoms with Crippen LogP contribution in [0.25, 0.3) is 0 Å². The number of carbonyl (C=O) groups excluding carboxylic acids is 1. The molecule has 1 amide bonds. The van der Waals surface area contributed by atoms with Gasteiger partial charge in [-0.25, -0.2) is 12.7 Å². The molecule has 0 bridgehead atoms. The highest BCUT2D eigenvalue weighted by Crippen LogP contribution is 2.29. The number of benzene rings is 2. The van der Waals surface area contributed by atoms with Crippen LogP contribution in [0.4, 0.5) is 0 Å². The van der Waals surface area contributed by atoms with Crippen molar-refractivity contribution >= 4 is 39.1 Å². The van der Waals surface area contributed by atoms with E-state index < -0.39 is 15.9 Å². The number of amides is 1. The molecule has 31 heavy (non-hydrogen) atoms. The van der Waals surface area contributed by atoms with Crippen molar-refractivity contribution in [2.24, 2.45) is 5.92 Å². The van der Waals surface area contributed by atoms with Gasteiger partial charge in [-0.05, 0) is 49.6 Å². The molecule has 9 heteroatoms. The standard InChI is InChI=1S/C22H26Cl2N2O4S/c1-15(16-8-10-18(30-2)11-9-16)25-22(27)17-5-4-12-26(13-17)31(28,29)14-19-20(23)6-3-7-21(19)24/h3,6-11,15,17H,4-5,12-14H2,1-2H3,(H,25,27). The smallest absolute Gasteiger partial charge is 0.224 e. The van der Waals surface area contributed by atoms with Crippen molar-refractivity contribution in [3.8, 4) is 5.75 Å². The van der Waals surface area contributed by atoms with Crippen molar-refractivity contribution in [1.29, 1.82) is 0 Å². The molecule has 2 unspecified atom stereocenters. The summed E-state index contributed by atoms with van der Waals surface area (Å²) in [5.74, 6) is -0.110. The third-order valence-corrected chi connectivity index (χ3v) is 7.99. The number of methoxy groups -OCH3 is 1. The molecule has 1 saturated heterocycles. The highest BCUT2D eigenvalue weighted by atomic mass is 35.5. The van der Waals surface area contributed by atoms with E-state index in [1.807, 2.05) is 31.2 Å². The molecular weight excluding hydrogens is 459 g/mol. The third-order valence-electron chi connectivity index (χ3n) is 5.51. The van der Waals surface area contributed by atoms with E-state index in [4.69, 9.17) is 27.9 Å². The van der Waals surface area contributed by atoms with E-state index in [1.54, 1.807) is 25.3 Å². The lowest BCUT2D eigenvalue weighted by Crippen LogP contribution is -2.46. The van der Waals surface area contributed by atoms with Gasteiger partial charge in [-0.2, -0.15) is 0 Å². The summed E-state index contributed by atoms with van der Waals surface area (Å²) in [5, 5.41) is 3.63. The van der Waals surface area contributed by atoms with E-state index in [0.717, 1.165) is 11.3 Å². The molecule has 3 rings (SSSR count). The lowest BCUT2D eigenvalue weighted by Gasteiger charge is -2.32. The average molecular weight is 485 g/mol. The lowest BCUT2D eigenvalue weighted by molar-refractivity contribution is -0.126. The summed E-state index contributed by atoms with van der Waals surface area (Å²) in [5.41, 5.74) is 1.33. The Morgan fingerprint density at radius 1 is 1.19 bits per heavy atom. The quantitative estimate of drug-likeness (QED) is 0.630. The molecule has 0 aromatic heterocycles. The predicted molar refractivity (Wildman–Crippen MR) is 123 cm³/mol. The fourth-order valence-corrected chi connectivity index (χ4v) is 6.02. The number of halogens is 2. The first-order valence-electron chi connectivity index (χ1n) is 10.1. The Bertz CT molecular complexity index is 1010. The van der Waals surface area contributed by atoms with Crippen LogP contribution in [0.5, 0.6) is 5.75 Å². The SMILES string of the molecule is COc1ccc(C(C)NC(=O)C2CCCN(S(=O)(=O)Cc3c(Cl)cccc3Cl)C2)cc1.